The van der Waals surface area contributed by atoms with Gasteiger partial charge >= 0.3 is 5.97 Å². The van der Waals surface area contributed by atoms with Gasteiger partial charge < -0.3 is 21.9 Å². The number of guanidine groups is 1. The molecule has 25 heavy (non-hydrogen) atoms. The number of carbonyl (C=O) groups is 2. The van der Waals surface area contributed by atoms with Crippen molar-refractivity contribution in [2.45, 2.75) is 19.4 Å². The van der Waals surface area contributed by atoms with E-state index in [-0.39, 0.29) is 18.3 Å². The number of nitrogens with two attached hydrogens (primary N) is 2. The van der Waals surface area contributed by atoms with Gasteiger partial charge in [0.25, 0.3) is 5.91 Å². The van der Waals surface area contributed by atoms with E-state index in [9.17, 15) is 9.59 Å². The van der Waals surface area contributed by atoms with Crippen LogP contribution >= 0.6 is 0 Å². The molecular weight excluding hydrogens is 320 g/mol. The predicted octanol–water partition coefficient (Wildman–Crippen LogP) is 1.54. The molecule has 0 fully saturated rings. The smallest absolute Gasteiger partial charge is 0.303 e. The highest BCUT2D eigenvalue weighted by molar-refractivity contribution is 5.95. The summed E-state index contributed by atoms with van der Waals surface area (Å²) in [5, 5.41) is 11.5. The van der Waals surface area contributed by atoms with Gasteiger partial charge in [0, 0.05) is 18.5 Å². The molecule has 2 aromatic carbocycles. The zero-order chi connectivity index (χ0) is 18.2. The second kappa shape index (κ2) is 8.49. The Morgan fingerprint density at radius 1 is 1.04 bits per heavy atom. The third kappa shape index (κ3) is 5.98. The summed E-state index contributed by atoms with van der Waals surface area (Å²) in [6, 6.07) is 14.1. The first-order valence-electron chi connectivity index (χ1n) is 7.71. The number of aryl methyl sites for hydroxylation is 1. The zero-order valence-corrected chi connectivity index (χ0v) is 13.6. The Balaban J connectivity index is 1.93. The van der Waals surface area contributed by atoms with Crippen LogP contribution in [0.1, 0.15) is 27.9 Å². The van der Waals surface area contributed by atoms with E-state index in [1.807, 2.05) is 24.3 Å². The highest BCUT2D eigenvalue weighted by Crippen LogP contribution is 2.14. The van der Waals surface area contributed by atoms with Crippen molar-refractivity contribution in [2.75, 3.05) is 0 Å². The largest absolute Gasteiger partial charge is 0.481 e. The van der Waals surface area contributed by atoms with Crippen LogP contribution in [0.15, 0.2) is 53.5 Å². The molecule has 0 spiro atoms. The standard InChI is InChI=1S/C18H20N4O3/c19-18(20)22-15-3-1-2-14(10-15)17(25)21-11-13-6-4-12(5-7-13)8-9-16(23)24/h1-7,10H,8-9,11H2,(H,21,25)(H,23,24)(H4,19,20,22). The quantitative estimate of drug-likeness (QED) is 0.448. The van der Waals surface area contributed by atoms with E-state index in [2.05, 4.69) is 10.3 Å². The van der Waals surface area contributed by atoms with Crippen molar-refractivity contribution in [3.8, 4) is 0 Å². The minimum Gasteiger partial charge on any atom is -0.481 e. The lowest BCUT2D eigenvalue weighted by Crippen LogP contribution is -2.23. The van der Waals surface area contributed by atoms with Crippen LogP contribution in [0.25, 0.3) is 0 Å². The number of hydrogen-bond acceptors (Lipinski definition) is 3. The van der Waals surface area contributed by atoms with E-state index in [0.717, 1.165) is 11.1 Å². The Kier molecular flexibility index (Phi) is 6.11. The molecule has 0 bridgehead atoms. The van der Waals surface area contributed by atoms with Gasteiger partial charge in [-0.1, -0.05) is 30.3 Å². The van der Waals surface area contributed by atoms with E-state index in [1.165, 1.54) is 0 Å². The molecule has 0 saturated heterocycles. The fourth-order valence-corrected chi connectivity index (χ4v) is 2.23. The van der Waals surface area contributed by atoms with Gasteiger partial charge in [-0.15, -0.1) is 0 Å². The molecule has 0 aliphatic rings. The van der Waals surface area contributed by atoms with Gasteiger partial charge in [0.15, 0.2) is 5.96 Å². The van der Waals surface area contributed by atoms with Gasteiger partial charge in [-0.2, -0.15) is 0 Å². The summed E-state index contributed by atoms with van der Waals surface area (Å²) in [5.74, 6) is -1.12. The predicted molar refractivity (Wildman–Crippen MR) is 95.5 cm³/mol. The van der Waals surface area contributed by atoms with Gasteiger partial charge in [-0.3, -0.25) is 9.59 Å². The summed E-state index contributed by atoms with van der Waals surface area (Å²) >= 11 is 0. The fourth-order valence-electron chi connectivity index (χ4n) is 2.23. The SMILES string of the molecule is NC(N)=Nc1cccc(C(=O)NCc2ccc(CCC(=O)O)cc2)c1. The number of aliphatic carboxylic acids is 1. The van der Waals surface area contributed by atoms with E-state index >= 15 is 0 Å². The van der Waals surface area contributed by atoms with Crippen LogP contribution in [0.3, 0.4) is 0 Å². The van der Waals surface area contributed by atoms with Crippen LogP contribution in [0.4, 0.5) is 5.69 Å². The van der Waals surface area contributed by atoms with Gasteiger partial charge in [-0.05, 0) is 35.7 Å². The number of hydrogen-bond donors (Lipinski definition) is 4. The molecule has 0 saturated carbocycles. The Hall–Kier alpha value is -3.35. The van der Waals surface area contributed by atoms with Crippen LogP contribution in [0, 0.1) is 0 Å². The molecule has 0 aromatic heterocycles. The first-order chi connectivity index (χ1) is 11.9. The van der Waals surface area contributed by atoms with Crippen molar-refractivity contribution in [1.82, 2.24) is 5.32 Å². The lowest BCUT2D eigenvalue weighted by atomic mass is 10.1. The molecule has 130 valence electrons. The first kappa shape index (κ1) is 18.0. The molecule has 0 atom stereocenters. The van der Waals surface area contributed by atoms with E-state index in [0.29, 0.717) is 24.2 Å². The summed E-state index contributed by atoms with van der Waals surface area (Å²) in [7, 11) is 0. The molecule has 0 unspecified atom stereocenters. The van der Waals surface area contributed by atoms with E-state index in [4.69, 9.17) is 16.6 Å². The summed E-state index contributed by atoms with van der Waals surface area (Å²) in [4.78, 5) is 26.7. The molecule has 0 aliphatic heterocycles. The molecule has 0 heterocycles. The Labute approximate surface area is 145 Å². The summed E-state index contributed by atoms with van der Waals surface area (Å²) < 4.78 is 0. The monoisotopic (exact) mass is 340 g/mol. The maximum absolute atomic E-state index is 12.2. The van der Waals surface area contributed by atoms with Gasteiger partial charge in [0.2, 0.25) is 0 Å². The number of amides is 1. The highest BCUT2D eigenvalue weighted by atomic mass is 16.4. The molecular formula is C18H20N4O3. The Bertz CT molecular complexity index is 781. The lowest BCUT2D eigenvalue weighted by Gasteiger charge is -2.07. The third-order valence-corrected chi connectivity index (χ3v) is 3.47. The van der Waals surface area contributed by atoms with Crippen LogP contribution < -0.4 is 16.8 Å². The Morgan fingerprint density at radius 3 is 2.36 bits per heavy atom. The van der Waals surface area contributed by atoms with Gasteiger partial charge in [0.1, 0.15) is 0 Å². The van der Waals surface area contributed by atoms with E-state index < -0.39 is 5.97 Å². The number of carboxylic acid groups (broad SMARTS) is 1. The molecule has 7 nitrogen and oxygen atoms in total. The summed E-state index contributed by atoms with van der Waals surface area (Å²) in [6.07, 6.45) is 0.585. The second-order valence-electron chi connectivity index (χ2n) is 5.48. The normalized spacial score (nSPS) is 10.1. The number of carboxylic acids is 1. The number of aliphatic imine (C=N–C) groups is 1. The average Bonchev–Trinajstić information content (AvgIpc) is 2.58. The second-order valence-corrected chi connectivity index (χ2v) is 5.48. The number of nitrogens with zero attached hydrogens (tertiary/aromatic N) is 1. The molecule has 0 radical (unpaired) electrons. The zero-order valence-electron chi connectivity index (χ0n) is 13.6. The highest BCUT2D eigenvalue weighted by Gasteiger charge is 2.06. The summed E-state index contributed by atoms with van der Waals surface area (Å²) in [5.41, 5.74) is 13.5. The van der Waals surface area contributed by atoms with Crippen molar-refractivity contribution in [3.63, 3.8) is 0 Å². The minimum absolute atomic E-state index is 0.0689. The van der Waals surface area contributed by atoms with Crippen molar-refractivity contribution in [2.24, 2.45) is 16.5 Å². The van der Waals surface area contributed by atoms with Gasteiger partial charge in [0.05, 0.1) is 5.69 Å². The maximum Gasteiger partial charge on any atom is 0.303 e. The lowest BCUT2D eigenvalue weighted by molar-refractivity contribution is -0.136. The average molecular weight is 340 g/mol. The topological polar surface area (TPSA) is 131 Å². The molecule has 2 rings (SSSR count). The van der Waals surface area contributed by atoms with E-state index in [1.54, 1.807) is 24.3 Å². The molecule has 2 aromatic rings. The van der Waals surface area contributed by atoms with Crippen molar-refractivity contribution < 1.29 is 14.7 Å². The van der Waals surface area contributed by atoms with Crippen LogP contribution in [0.5, 0.6) is 0 Å². The molecule has 6 N–H and O–H groups in total. The van der Waals surface area contributed by atoms with Crippen LogP contribution in [0.2, 0.25) is 0 Å². The van der Waals surface area contributed by atoms with Crippen LogP contribution in [-0.4, -0.2) is 22.9 Å². The maximum atomic E-state index is 12.2. The Morgan fingerprint density at radius 2 is 1.72 bits per heavy atom. The molecule has 7 heteroatoms. The first-order valence-corrected chi connectivity index (χ1v) is 7.71. The molecule has 0 aliphatic carbocycles. The fraction of sp³-hybridized carbons (Fsp3) is 0.167. The van der Waals surface area contributed by atoms with Crippen molar-refractivity contribution in [1.29, 1.82) is 0 Å². The third-order valence-electron chi connectivity index (χ3n) is 3.47. The molecule has 1 amide bonds. The number of nitrogens with one attached hydrogen (secondary N) is 1. The van der Waals surface area contributed by atoms with Crippen LogP contribution in [-0.2, 0) is 17.8 Å². The number of rotatable bonds is 7. The number of benzene rings is 2. The van der Waals surface area contributed by atoms with Crippen molar-refractivity contribution >= 4 is 23.5 Å². The minimum atomic E-state index is -0.820. The van der Waals surface area contributed by atoms with Crippen molar-refractivity contribution in [3.05, 3.63) is 65.2 Å². The van der Waals surface area contributed by atoms with Gasteiger partial charge in [-0.25, -0.2) is 4.99 Å². The summed E-state index contributed by atoms with van der Waals surface area (Å²) in [6.45, 7) is 0.366. The number of carbonyl (C=O) groups excluding carboxylic acids is 1.